The normalized spacial score (nSPS) is 14.8. The van der Waals surface area contributed by atoms with Gasteiger partial charge in [0.1, 0.15) is 5.69 Å². The third kappa shape index (κ3) is 0.906. The average Bonchev–Trinajstić information content (AvgIpc) is 2.12. The molecule has 0 fully saturated rings. The van der Waals surface area contributed by atoms with Crippen LogP contribution in [-0.4, -0.2) is 23.3 Å². The summed E-state index contributed by atoms with van der Waals surface area (Å²) in [5, 5.41) is 0. The van der Waals surface area contributed by atoms with Crippen LogP contribution in [0.25, 0.3) is 5.70 Å². The third-order valence-corrected chi connectivity index (χ3v) is 1.86. The highest BCUT2D eigenvalue weighted by Crippen LogP contribution is 2.27. The Morgan fingerprint density at radius 2 is 2.33 bits per heavy atom. The highest BCUT2D eigenvalue weighted by molar-refractivity contribution is 5.84. The third-order valence-electron chi connectivity index (χ3n) is 1.86. The molecule has 1 aliphatic rings. The summed E-state index contributed by atoms with van der Waals surface area (Å²) in [6.45, 7) is 3.91. The van der Waals surface area contributed by atoms with Crippen molar-refractivity contribution in [2.24, 2.45) is 4.99 Å². The fourth-order valence-electron chi connectivity index (χ4n) is 1.11. The predicted molar refractivity (Wildman–Crippen MR) is 49.2 cm³/mol. The summed E-state index contributed by atoms with van der Waals surface area (Å²) >= 11 is 0. The number of nitrogens with zero attached hydrogens (tertiary/aromatic N) is 3. The van der Waals surface area contributed by atoms with Crippen molar-refractivity contribution in [3.05, 3.63) is 30.6 Å². The lowest BCUT2D eigenvalue weighted by atomic mass is 10.2. The molecule has 0 spiro atoms. The number of fused-ring (bicyclic) bond motifs is 1. The molecular weight excluding hydrogens is 150 g/mol. The molecule has 0 unspecified atom stereocenters. The van der Waals surface area contributed by atoms with Gasteiger partial charge >= 0.3 is 0 Å². The molecule has 3 heteroatoms. The van der Waals surface area contributed by atoms with Crippen molar-refractivity contribution in [2.45, 2.75) is 0 Å². The zero-order valence-electron chi connectivity index (χ0n) is 6.86. The van der Waals surface area contributed by atoms with Gasteiger partial charge in [-0.05, 0) is 12.1 Å². The largest absolute Gasteiger partial charge is 0.334 e. The van der Waals surface area contributed by atoms with E-state index < -0.39 is 0 Å². The fourth-order valence-corrected chi connectivity index (χ4v) is 1.11. The van der Waals surface area contributed by atoms with Gasteiger partial charge in [0.25, 0.3) is 0 Å². The van der Waals surface area contributed by atoms with E-state index in [4.69, 9.17) is 0 Å². The molecule has 0 saturated heterocycles. The lowest BCUT2D eigenvalue weighted by molar-refractivity contribution is 0.729. The van der Waals surface area contributed by atoms with E-state index in [0.29, 0.717) is 0 Å². The van der Waals surface area contributed by atoms with Crippen LogP contribution in [0.4, 0.5) is 5.69 Å². The summed E-state index contributed by atoms with van der Waals surface area (Å²) < 4.78 is 0. The van der Waals surface area contributed by atoms with Crippen LogP contribution in [-0.2, 0) is 0 Å². The standard InChI is InChI=1S/C9H9N3/c1-7-9-8(4-3-5-10-9)11-6-12(7)2/h3-6H,1H2,2H3. The second kappa shape index (κ2) is 2.44. The molecule has 0 bridgehead atoms. The number of aliphatic imine (C=N–C) groups is 1. The molecule has 0 atom stereocenters. The van der Waals surface area contributed by atoms with Gasteiger partial charge in [-0.15, -0.1) is 0 Å². The second-order valence-corrected chi connectivity index (χ2v) is 2.67. The Hall–Kier alpha value is -1.64. The van der Waals surface area contributed by atoms with E-state index in [9.17, 15) is 0 Å². The first kappa shape index (κ1) is 7.03. The quantitative estimate of drug-likeness (QED) is 0.576. The van der Waals surface area contributed by atoms with Gasteiger partial charge in [0, 0.05) is 13.2 Å². The van der Waals surface area contributed by atoms with Crippen LogP contribution in [0.3, 0.4) is 0 Å². The number of aromatic nitrogens is 1. The molecule has 0 saturated carbocycles. The van der Waals surface area contributed by atoms with E-state index in [2.05, 4.69) is 16.6 Å². The van der Waals surface area contributed by atoms with Gasteiger partial charge in [-0.3, -0.25) is 4.98 Å². The molecule has 12 heavy (non-hydrogen) atoms. The smallest absolute Gasteiger partial charge is 0.112 e. The highest BCUT2D eigenvalue weighted by Gasteiger charge is 2.12. The summed E-state index contributed by atoms with van der Waals surface area (Å²) in [6.07, 6.45) is 3.49. The van der Waals surface area contributed by atoms with Crippen molar-refractivity contribution in [3.8, 4) is 0 Å². The first-order chi connectivity index (χ1) is 5.79. The van der Waals surface area contributed by atoms with E-state index in [-0.39, 0.29) is 0 Å². The lowest BCUT2D eigenvalue weighted by Gasteiger charge is -2.20. The number of rotatable bonds is 0. The lowest BCUT2D eigenvalue weighted by Crippen LogP contribution is -2.17. The molecule has 3 nitrogen and oxygen atoms in total. The van der Waals surface area contributed by atoms with Crippen LogP contribution >= 0.6 is 0 Å². The molecule has 60 valence electrons. The van der Waals surface area contributed by atoms with Crippen LogP contribution in [0, 0.1) is 0 Å². The molecule has 0 radical (unpaired) electrons. The Labute approximate surface area is 71.1 Å². The Morgan fingerprint density at radius 1 is 1.50 bits per heavy atom. The van der Waals surface area contributed by atoms with Gasteiger partial charge < -0.3 is 4.90 Å². The van der Waals surface area contributed by atoms with E-state index in [0.717, 1.165) is 17.1 Å². The van der Waals surface area contributed by atoms with Crippen molar-refractivity contribution in [1.82, 2.24) is 9.88 Å². The molecule has 2 heterocycles. The Morgan fingerprint density at radius 3 is 3.17 bits per heavy atom. The van der Waals surface area contributed by atoms with Crippen LogP contribution in [0.15, 0.2) is 29.9 Å². The molecule has 0 N–H and O–H groups in total. The van der Waals surface area contributed by atoms with Crippen molar-refractivity contribution in [1.29, 1.82) is 0 Å². The summed E-state index contributed by atoms with van der Waals surface area (Å²) in [4.78, 5) is 10.3. The summed E-state index contributed by atoms with van der Waals surface area (Å²) in [7, 11) is 1.91. The van der Waals surface area contributed by atoms with Crippen LogP contribution in [0.1, 0.15) is 5.69 Å². The molecule has 0 amide bonds. The fraction of sp³-hybridized carbons (Fsp3) is 0.111. The van der Waals surface area contributed by atoms with Crippen molar-refractivity contribution in [2.75, 3.05) is 7.05 Å². The maximum atomic E-state index is 4.20. The Bertz CT molecular complexity index is 355. The molecular formula is C9H9N3. The van der Waals surface area contributed by atoms with Gasteiger partial charge in [-0.1, -0.05) is 6.58 Å². The highest BCUT2D eigenvalue weighted by atomic mass is 15.2. The Balaban J connectivity index is 2.59. The van der Waals surface area contributed by atoms with Crippen molar-refractivity contribution >= 4 is 17.7 Å². The summed E-state index contributed by atoms with van der Waals surface area (Å²) in [5.74, 6) is 0. The van der Waals surface area contributed by atoms with Gasteiger partial charge in [-0.2, -0.15) is 0 Å². The minimum absolute atomic E-state index is 0.863. The van der Waals surface area contributed by atoms with Gasteiger partial charge in [0.05, 0.1) is 17.7 Å². The predicted octanol–water partition coefficient (Wildman–Crippen LogP) is 1.66. The minimum atomic E-state index is 0.863. The van der Waals surface area contributed by atoms with Crippen molar-refractivity contribution < 1.29 is 0 Å². The van der Waals surface area contributed by atoms with E-state index in [1.165, 1.54) is 0 Å². The molecule has 1 aliphatic heterocycles. The van der Waals surface area contributed by atoms with Gasteiger partial charge in [-0.25, -0.2) is 4.99 Å². The minimum Gasteiger partial charge on any atom is -0.334 e. The first-order valence-electron chi connectivity index (χ1n) is 3.70. The first-order valence-corrected chi connectivity index (χ1v) is 3.70. The van der Waals surface area contributed by atoms with Crippen LogP contribution in [0.5, 0.6) is 0 Å². The van der Waals surface area contributed by atoms with Gasteiger partial charge in [0.15, 0.2) is 0 Å². The van der Waals surface area contributed by atoms with E-state index in [1.807, 2.05) is 24.1 Å². The van der Waals surface area contributed by atoms with Crippen LogP contribution in [0.2, 0.25) is 0 Å². The molecule has 0 aliphatic carbocycles. The maximum Gasteiger partial charge on any atom is 0.112 e. The van der Waals surface area contributed by atoms with E-state index in [1.54, 1.807) is 12.5 Å². The monoisotopic (exact) mass is 159 g/mol. The Kier molecular flexibility index (Phi) is 1.43. The molecule has 2 rings (SSSR count). The summed E-state index contributed by atoms with van der Waals surface area (Å²) in [6, 6.07) is 3.80. The zero-order chi connectivity index (χ0) is 8.55. The van der Waals surface area contributed by atoms with Crippen molar-refractivity contribution in [3.63, 3.8) is 0 Å². The topological polar surface area (TPSA) is 28.5 Å². The number of hydrogen-bond acceptors (Lipinski definition) is 3. The SMILES string of the molecule is C=C1c2ncccc2N=CN1C. The summed E-state index contributed by atoms with van der Waals surface area (Å²) in [5.41, 5.74) is 2.64. The maximum absolute atomic E-state index is 4.20. The average molecular weight is 159 g/mol. The molecule has 1 aromatic rings. The second-order valence-electron chi connectivity index (χ2n) is 2.67. The molecule has 1 aromatic heterocycles. The van der Waals surface area contributed by atoms with Crippen LogP contribution < -0.4 is 0 Å². The van der Waals surface area contributed by atoms with E-state index >= 15 is 0 Å². The number of pyridine rings is 1. The van der Waals surface area contributed by atoms with Gasteiger partial charge in [0.2, 0.25) is 0 Å². The number of hydrogen-bond donors (Lipinski definition) is 0. The zero-order valence-corrected chi connectivity index (χ0v) is 6.86. The molecule has 0 aromatic carbocycles.